The number of aliphatic hydroxyl groups excluding tert-OH is 1. The number of piperidine rings is 1. The van der Waals surface area contributed by atoms with Gasteiger partial charge in [0.05, 0.1) is 11.6 Å². The molecule has 1 aliphatic heterocycles. The molecule has 20 heavy (non-hydrogen) atoms. The van der Waals surface area contributed by atoms with Crippen LogP contribution in [0.3, 0.4) is 0 Å². The summed E-state index contributed by atoms with van der Waals surface area (Å²) in [5.74, 6) is -0.489. The van der Waals surface area contributed by atoms with E-state index in [1.165, 1.54) is 0 Å². The average Bonchev–Trinajstić information content (AvgIpc) is 2.76. The third kappa shape index (κ3) is 2.39. The number of fused-ring (bicyclic) bond motifs is 1. The molecule has 108 valence electrons. The van der Waals surface area contributed by atoms with Crippen molar-refractivity contribution in [1.82, 2.24) is 10.3 Å². The van der Waals surface area contributed by atoms with Crippen molar-refractivity contribution in [3.8, 4) is 0 Å². The topological polar surface area (TPSA) is 78.3 Å². The molecule has 1 aromatic carbocycles. The van der Waals surface area contributed by atoms with E-state index >= 15 is 0 Å². The predicted molar refractivity (Wildman–Crippen MR) is 76.6 cm³/mol. The normalized spacial score (nSPS) is 23.9. The van der Waals surface area contributed by atoms with E-state index in [2.05, 4.69) is 24.1 Å². The van der Waals surface area contributed by atoms with E-state index in [0.717, 1.165) is 19.3 Å². The van der Waals surface area contributed by atoms with E-state index < -0.39 is 11.9 Å². The van der Waals surface area contributed by atoms with Gasteiger partial charge in [-0.3, -0.25) is 4.98 Å². The Hall–Kier alpha value is -1.59. The number of aliphatic hydroxyl groups is 1. The number of aromatic nitrogens is 1. The minimum atomic E-state index is -0.683. The summed E-state index contributed by atoms with van der Waals surface area (Å²) in [7, 11) is 0. The SMILES string of the molecule is CC1(C)CCC[C@@H]([C@H](O)c2cccc3[nH]c(=O)oc23)N1. The summed E-state index contributed by atoms with van der Waals surface area (Å²) in [6.45, 7) is 4.28. The van der Waals surface area contributed by atoms with Crippen molar-refractivity contribution in [2.45, 2.75) is 50.8 Å². The van der Waals surface area contributed by atoms with Gasteiger partial charge in [-0.1, -0.05) is 12.1 Å². The zero-order valence-corrected chi connectivity index (χ0v) is 11.8. The van der Waals surface area contributed by atoms with Gasteiger partial charge in [-0.15, -0.1) is 0 Å². The van der Waals surface area contributed by atoms with Gasteiger partial charge in [-0.2, -0.15) is 0 Å². The van der Waals surface area contributed by atoms with Gasteiger partial charge in [0.15, 0.2) is 5.58 Å². The highest BCUT2D eigenvalue weighted by molar-refractivity contribution is 5.76. The molecule has 1 aromatic heterocycles. The molecule has 2 aromatic rings. The summed E-state index contributed by atoms with van der Waals surface area (Å²) in [4.78, 5) is 13.9. The first-order valence-corrected chi connectivity index (χ1v) is 7.04. The Morgan fingerprint density at radius 2 is 2.25 bits per heavy atom. The molecule has 0 spiro atoms. The standard InChI is InChI=1S/C15H20N2O3/c1-15(2)8-4-7-10(17-15)12(18)9-5-3-6-11-13(9)20-14(19)16-11/h3,5-6,10,12,17-18H,4,7-8H2,1-2H3,(H,16,19)/t10-,12+/m0/s1. The Labute approximate surface area is 117 Å². The Kier molecular flexibility index (Phi) is 3.18. The molecule has 1 saturated heterocycles. The van der Waals surface area contributed by atoms with Crippen LogP contribution in [0.5, 0.6) is 0 Å². The van der Waals surface area contributed by atoms with Crippen molar-refractivity contribution in [2.24, 2.45) is 0 Å². The Balaban J connectivity index is 1.96. The average molecular weight is 276 g/mol. The summed E-state index contributed by atoms with van der Waals surface area (Å²) in [5.41, 5.74) is 1.77. The van der Waals surface area contributed by atoms with Crippen LogP contribution in [0.15, 0.2) is 27.4 Å². The number of para-hydroxylation sites is 1. The smallest absolute Gasteiger partial charge is 0.407 e. The summed E-state index contributed by atoms with van der Waals surface area (Å²) in [6.07, 6.45) is 2.40. The number of hydrogen-bond donors (Lipinski definition) is 3. The van der Waals surface area contributed by atoms with E-state index in [1.54, 1.807) is 6.07 Å². The lowest BCUT2D eigenvalue weighted by molar-refractivity contribution is 0.0847. The van der Waals surface area contributed by atoms with Gasteiger partial charge in [0.25, 0.3) is 0 Å². The predicted octanol–water partition coefficient (Wildman–Crippen LogP) is 2.08. The van der Waals surface area contributed by atoms with Gasteiger partial charge < -0.3 is 14.8 Å². The third-order valence-corrected chi connectivity index (χ3v) is 4.07. The molecule has 1 fully saturated rings. The lowest BCUT2D eigenvalue weighted by Gasteiger charge is -2.39. The summed E-state index contributed by atoms with van der Waals surface area (Å²) in [6, 6.07) is 5.38. The number of aromatic amines is 1. The van der Waals surface area contributed by atoms with Crippen molar-refractivity contribution >= 4 is 11.1 Å². The highest BCUT2D eigenvalue weighted by atomic mass is 16.4. The Morgan fingerprint density at radius 1 is 1.45 bits per heavy atom. The summed E-state index contributed by atoms with van der Waals surface area (Å²) >= 11 is 0. The second kappa shape index (κ2) is 4.75. The number of hydrogen-bond acceptors (Lipinski definition) is 4. The van der Waals surface area contributed by atoms with Crippen LogP contribution >= 0.6 is 0 Å². The summed E-state index contributed by atoms with van der Waals surface area (Å²) < 4.78 is 5.16. The lowest BCUT2D eigenvalue weighted by Crippen LogP contribution is -2.51. The van der Waals surface area contributed by atoms with Crippen LogP contribution in [0, 0.1) is 0 Å². The second-order valence-electron chi connectivity index (χ2n) is 6.21. The third-order valence-electron chi connectivity index (χ3n) is 4.07. The fourth-order valence-corrected chi connectivity index (χ4v) is 3.09. The Bertz CT molecular complexity index is 671. The highest BCUT2D eigenvalue weighted by Gasteiger charge is 2.32. The lowest BCUT2D eigenvalue weighted by atomic mass is 9.85. The summed E-state index contributed by atoms with van der Waals surface area (Å²) in [5, 5.41) is 14.1. The molecule has 1 aliphatic rings. The molecular formula is C15H20N2O3. The zero-order valence-electron chi connectivity index (χ0n) is 11.8. The van der Waals surface area contributed by atoms with Crippen LogP contribution in [0.4, 0.5) is 0 Å². The fourth-order valence-electron chi connectivity index (χ4n) is 3.09. The monoisotopic (exact) mass is 276 g/mol. The first kappa shape index (κ1) is 13.4. The molecule has 0 amide bonds. The molecule has 3 N–H and O–H groups in total. The molecule has 2 atom stereocenters. The number of benzene rings is 1. The van der Waals surface area contributed by atoms with Crippen molar-refractivity contribution < 1.29 is 9.52 Å². The van der Waals surface area contributed by atoms with E-state index in [4.69, 9.17) is 4.42 Å². The molecule has 3 rings (SSSR count). The maximum atomic E-state index is 11.3. The number of rotatable bonds is 2. The van der Waals surface area contributed by atoms with E-state index in [0.29, 0.717) is 16.7 Å². The quantitative estimate of drug-likeness (QED) is 0.784. The maximum absolute atomic E-state index is 11.3. The number of nitrogens with one attached hydrogen (secondary N) is 2. The van der Waals surface area contributed by atoms with Crippen molar-refractivity contribution in [3.63, 3.8) is 0 Å². The highest BCUT2D eigenvalue weighted by Crippen LogP contribution is 2.31. The number of oxazole rings is 1. The molecule has 0 radical (unpaired) electrons. The molecule has 5 heteroatoms. The van der Waals surface area contributed by atoms with Crippen LogP contribution in [-0.4, -0.2) is 21.7 Å². The molecule has 0 unspecified atom stereocenters. The first-order valence-electron chi connectivity index (χ1n) is 7.04. The van der Waals surface area contributed by atoms with Gasteiger partial charge in [0, 0.05) is 17.1 Å². The van der Waals surface area contributed by atoms with Gasteiger partial charge in [0.2, 0.25) is 0 Å². The Morgan fingerprint density at radius 3 is 3.00 bits per heavy atom. The molecule has 5 nitrogen and oxygen atoms in total. The molecule has 2 heterocycles. The van der Waals surface area contributed by atoms with E-state index in [-0.39, 0.29) is 11.6 Å². The molecule has 0 bridgehead atoms. The number of H-pyrrole nitrogens is 1. The van der Waals surface area contributed by atoms with Crippen LogP contribution < -0.4 is 11.1 Å². The van der Waals surface area contributed by atoms with Gasteiger partial charge in [-0.25, -0.2) is 4.79 Å². The van der Waals surface area contributed by atoms with Gasteiger partial charge in [0.1, 0.15) is 0 Å². The largest absolute Gasteiger partial charge is 0.417 e. The van der Waals surface area contributed by atoms with Crippen LogP contribution in [0.25, 0.3) is 11.1 Å². The van der Waals surface area contributed by atoms with E-state index in [9.17, 15) is 9.90 Å². The second-order valence-corrected chi connectivity index (χ2v) is 6.21. The fraction of sp³-hybridized carbons (Fsp3) is 0.533. The molecule has 0 aliphatic carbocycles. The maximum Gasteiger partial charge on any atom is 0.417 e. The van der Waals surface area contributed by atoms with E-state index in [1.807, 2.05) is 12.1 Å². The molecular weight excluding hydrogens is 256 g/mol. The minimum Gasteiger partial charge on any atom is -0.407 e. The van der Waals surface area contributed by atoms with Crippen LogP contribution in [-0.2, 0) is 0 Å². The molecule has 0 saturated carbocycles. The van der Waals surface area contributed by atoms with Crippen molar-refractivity contribution in [2.75, 3.05) is 0 Å². The zero-order chi connectivity index (χ0) is 14.3. The van der Waals surface area contributed by atoms with Crippen molar-refractivity contribution in [3.05, 3.63) is 34.3 Å². The minimum absolute atomic E-state index is 0.0236. The first-order chi connectivity index (χ1) is 9.46. The van der Waals surface area contributed by atoms with Crippen LogP contribution in [0.1, 0.15) is 44.8 Å². The van der Waals surface area contributed by atoms with Gasteiger partial charge >= 0.3 is 5.76 Å². The van der Waals surface area contributed by atoms with Crippen molar-refractivity contribution in [1.29, 1.82) is 0 Å². The van der Waals surface area contributed by atoms with Crippen LogP contribution in [0.2, 0.25) is 0 Å². The van der Waals surface area contributed by atoms with Gasteiger partial charge in [-0.05, 0) is 39.2 Å².